The fraction of sp³-hybridized carbons (Fsp3) is 0.119. The number of benzene rings is 8. The summed E-state index contributed by atoms with van der Waals surface area (Å²) >= 11 is 47.0. The van der Waals surface area contributed by atoms with Crippen molar-refractivity contribution in [1.82, 2.24) is 0 Å². The topological polar surface area (TPSA) is 65.7 Å². The van der Waals surface area contributed by atoms with Gasteiger partial charge in [-0.25, -0.2) is 0 Å². The first-order chi connectivity index (χ1) is 34.3. The van der Waals surface area contributed by atoms with Crippen molar-refractivity contribution < 1.29 is 23.5 Å². The Labute approximate surface area is 445 Å². The van der Waals surface area contributed by atoms with Crippen molar-refractivity contribution in [2.45, 2.75) is 24.7 Å². The van der Waals surface area contributed by atoms with Crippen LogP contribution < -0.4 is 0 Å². The quantitative estimate of drug-likeness (QED) is 0.0954. The van der Waals surface area contributed by atoms with Gasteiger partial charge in [0.15, 0.2) is 0 Å². The Balaban J connectivity index is 1.58. The molecule has 8 aromatic carbocycles. The highest BCUT2D eigenvalue weighted by Crippen LogP contribution is 2.74. The van der Waals surface area contributed by atoms with Gasteiger partial charge in [-0.2, -0.15) is 0 Å². The molecule has 0 radical (unpaired) electrons. The average Bonchev–Trinajstić information content (AvgIpc) is 3.86. The molecule has 0 N–H and O–H groups in total. The van der Waals surface area contributed by atoms with E-state index in [0.717, 1.165) is 27.8 Å². The van der Waals surface area contributed by atoms with Crippen LogP contribution in [0.2, 0.25) is 35.2 Å². The van der Waals surface area contributed by atoms with Gasteiger partial charge in [-0.1, -0.05) is 166 Å². The molecule has 5 nitrogen and oxygen atoms in total. The van der Waals surface area contributed by atoms with Crippen LogP contribution in [-0.4, -0.2) is 25.2 Å². The Kier molecular flexibility index (Phi) is 13.3. The first kappa shape index (κ1) is 48.9. The summed E-state index contributed by atoms with van der Waals surface area (Å²) in [4.78, 5) is 33.2. The monoisotopic (exact) mass is 1070 g/mol. The van der Waals surface area contributed by atoms with Gasteiger partial charge in [0, 0.05) is 57.2 Å². The number of esters is 2. The summed E-state index contributed by atoms with van der Waals surface area (Å²) in [6, 6.07) is 53.1. The van der Waals surface area contributed by atoms with Crippen LogP contribution in [0.3, 0.4) is 0 Å². The second-order valence-electron chi connectivity index (χ2n) is 17.1. The van der Waals surface area contributed by atoms with Crippen LogP contribution in [0, 0.1) is 5.41 Å². The minimum absolute atomic E-state index is 0.109. The largest absolute Gasteiger partial charge is 0.465 e. The maximum Gasteiger partial charge on any atom is 0.326 e. The molecule has 0 spiro atoms. The fourth-order valence-corrected chi connectivity index (χ4v) is 11.8. The number of furan rings is 1. The number of carbonyl (C=O) groups is 2. The maximum atomic E-state index is 16.6. The number of hydrogen-bond acceptors (Lipinski definition) is 5. The predicted molar refractivity (Wildman–Crippen MR) is 289 cm³/mol. The molecule has 0 saturated carbocycles. The van der Waals surface area contributed by atoms with Crippen molar-refractivity contribution in [3.05, 3.63) is 245 Å². The summed E-state index contributed by atoms with van der Waals surface area (Å²) in [5, 5.41) is 3.82. The van der Waals surface area contributed by atoms with E-state index in [-0.39, 0.29) is 19.0 Å². The van der Waals surface area contributed by atoms with E-state index in [0.29, 0.717) is 79.5 Å². The standard InChI is InChI=1S/C59H39Cl7O5/c1-3-69-55(67)59(56(68)70-4-2)57(37-11-25-44(63)26-12-37,38-13-27-45(64)28-14-38)52-49-33-48(34-5-19-41(60)20-6-34)50(35-7-21-42(61)22-8-35)51(36-9-23-43(62)24-10-36)53(49)71-54(52)58(59,39-15-29-46(65)30-16-39)40-17-31-47(66)32-18-40/h5-33H,3-4H2,1-2H3. The first-order valence-corrected chi connectivity index (χ1v) is 25.3. The highest BCUT2D eigenvalue weighted by atomic mass is 35.5. The molecular weight excluding hydrogens is 1040 g/mol. The van der Waals surface area contributed by atoms with Crippen LogP contribution in [0.1, 0.15) is 47.4 Å². The third-order valence-corrected chi connectivity index (χ3v) is 15.3. The average molecular weight is 1080 g/mol. The summed E-state index contributed by atoms with van der Waals surface area (Å²) in [5.74, 6) is -1.53. The number of halogens is 7. The summed E-state index contributed by atoms with van der Waals surface area (Å²) in [6.07, 6.45) is 0. The summed E-state index contributed by atoms with van der Waals surface area (Å²) in [7, 11) is 0. The number of hydrogen-bond donors (Lipinski definition) is 0. The lowest BCUT2D eigenvalue weighted by Crippen LogP contribution is -2.65. The van der Waals surface area contributed by atoms with E-state index < -0.39 is 28.2 Å². The molecule has 0 bridgehead atoms. The van der Waals surface area contributed by atoms with Gasteiger partial charge in [-0.15, -0.1) is 0 Å². The van der Waals surface area contributed by atoms with Crippen molar-refractivity contribution >= 4 is 104 Å². The lowest BCUT2D eigenvalue weighted by atomic mass is 9.47. The molecule has 0 saturated heterocycles. The molecule has 1 aliphatic rings. The molecule has 0 fully saturated rings. The van der Waals surface area contributed by atoms with Crippen LogP contribution in [0.5, 0.6) is 0 Å². The van der Waals surface area contributed by atoms with Crippen LogP contribution in [0.15, 0.2) is 180 Å². The minimum Gasteiger partial charge on any atom is -0.465 e. The van der Waals surface area contributed by atoms with Gasteiger partial charge in [-0.3, -0.25) is 9.59 Å². The highest BCUT2D eigenvalue weighted by molar-refractivity contribution is 6.33. The zero-order valence-corrected chi connectivity index (χ0v) is 43.1. The molecule has 71 heavy (non-hydrogen) atoms. The Morgan fingerprint density at radius 3 is 1.08 bits per heavy atom. The zero-order valence-electron chi connectivity index (χ0n) is 37.8. The molecule has 9 aromatic rings. The fourth-order valence-electron chi connectivity index (χ4n) is 10.9. The lowest BCUT2D eigenvalue weighted by Gasteiger charge is -2.51. The van der Waals surface area contributed by atoms with Crippen molar-refractivity contribution in [2.24, 2.45) is 5.41 Å². The number of fused-ring (bicyclic) bond motifs is 3. The second kappa shape index (κ2) is 19.4. The van der Waals surface area contributed by atoms with Crippen LogP contribution in [0.25, 0.3) is 44.3 Å². The smallest absolute Gasteiger partial charge is 0.326 e. The van der Waals surface area contributed by atoms with Crippen LogP contribution in [0.4, 0.5) is 0 Å². The molecule has 1 aliphatic carbocycles. The highest BCUT2D eigenvalue weighted by Gasteiger charge is 2.83. The SMILES string of the molecule is CCOC(=O)C1(C(=O)OCC)C(c2ccc(Cl)cc2)(c2ccc(Cl)cc2)c2oc3c(-c4ccc(Cl)cc4)c(-c4ccc(Cl)cc4)c(-c4ccc(Cl)cc4)cc3c2C1(c1ccc(Cl)cc1)c1ccc(Cl)cc1. The molecule has 0 unspecified atom stereocenters. The van der Waals surface area contributed by atoms with Gasteiger partial charge >= 0.3 is 11.9 Å². The van der Waals surface area contributed by atoms with E-state index >= 15 is 9.59 Å². The van der Waals surface area contributed by atoms with Gasteiger partial charge in [-0.05, 0) is 149 Å². The molecule has 0 amide bonds. The molecule has 1 aromatic heterocycles. The number of ether oxygens (including phenoxy) is 2. The van der Waals surface area contributed by atoms with Gasteiger partial charge in [0.2, 0.25) is 5.41 Å². The predicted octanol–water partition coefficient (Wildman–Crippen LogP) is 17.8. The zero-order chi connectivity index (χ0) is 49.8. The van der Waals surface area contributed by atoms with E-state index in [1.807, 2.05) is 97.1 Å². The second-order valence-corrected chi connectivity index (χ2v) is 20.2. The molecule has 354 valence electrons. The van der Waals surface area contributed by atoms with Crippen molar-refractivity contribution in [1.29, 1.82) is 0 Å². The molecule has 0 aliphatic heterocycles. The summed E-state index contributed by atoms with van der Waals surface area (Å²) < 4.78 is 20.6. The number of rotatable bonds is 11. The third-order valence-electron chi connectivity index (χ3n) is 13.5. The Hall–Kier alpha value is -5.73. The van der Waals surface area contributed by atoms with Crippen LogP contribution >= 0.6 is 81.2 Å². The van der Waals surface area contributed by atoms with Crippen molar-refractivity contribution in [2.75, 3.05) is 13.2 Å². The van der Waals surface area contributed by atoms with Gasteiger partial charge in [0.05, 0.1) is 18.6 Å². The number of carbonyl (C=O) groups excluding carboxylic acids is 2. The third kappa shape index (κ3) is 7.67. The molecule has 1 heterocycles. The minimum atomic E-state index is -2.46. The van der Waals surface area contributed by atoms with E-state index in [2.05, 4.69) is 6.07 Å². The van der Waals surface area contributed by atoms with E-state index in [1.54, 1.807) is 86.6 Å². The Morgan fingerprint density at radius 2 is 0.732 bits per heavy atom. The van der Waals surface area contributed by atoms with E-state index in [9.17, 15) is 0 Å². The molecule has 12 heteroatoms. The normalized spacial score (nSPS) is 14.3. The maximum absolute atomic E-state index is 16.6. The van der Waals surface area contributed by atoms with E-state index in [4.69, 9.17) is 95.1 Å². The van der Waals surface area contributed by atoms with Crippen molar-refractivity contribution in [3.8, 4) is 33.4 Å². The van der Waals surface area contributed by atoms with Crippen LogP contribution in [-0.2, 0) is 29.9 Å². The Bertz CT molecular complexity index is 3350. The van der Waals surface area contributed by atoms with Gasteiger partial charge in [0.25, 0.3) is 0 Å². The molecule has 0 atom stereocenters. The van der Waals surface area contributed by atoms with Gasteiger partial charge in [0.1, 0.15) is 16.8 Å². The molecular formula is C59H39Cl7O5. The van der Waals surface area contributed by atoms with Gasteiger partial charge < -0.3 is 13.9 Å². The lowest BCUT2D eigenvalue weighted by molar-refractivity contribution is -0.179. The Morgan fingerprint density at radius 1 is 0.423 bits per heavy atom. The summed E-state index contributed by atoms with van der Waals surface area (Å²) in [6.45, 7) is 3.18. The van der Waals surface area contributed by atoms with E-state index in [1.165, 1.54) is 0 Å². The van der Waals surface area contributed by atoms with Crippen molar-refractivity contribution in [3.63, 3.8) is 0 Å². The first-order valence-electron chi connectivity index (χ1n) is 22.6. The summed E-state index contributed by atoms with van der Waals surface area (Å²) in [5.41, 5.74) is 1.05. The molecule has 10 rings (SSSR count).